The maximum Gasteiger partial charge on any atom is 0.282 e. The Kier molecular flexibility index (Phi) is 5.88. The van der Waals surface area contributed by atoms with Crippen molar-refractivity contribution in [3.63, 3.8) is 0 Å². The summed E-state index contributed by atoms with van der Waals surface area (Å²) in [5, 5.41) is 2.72. The van der Waals surface area contributed by atoms with Crippen molar-refractivity contribution in [2.75, 3.05) is 25.0 Å². The van der Waals surface area contributed by atoms with E-state index in [4.69, 9.17) is 0 Å². The fourth-order valence-corrected chi connectivity index (χ4v) is 4.57. The molecular formula is C19H22FN3O3S. The molecule has 8 heteroatoms. The summed E-state index contributed by atoms with van der Waals surface area (Å²) >= 11 is 0. The maximum atomic E-state index is 13.0. The number of anilines is 1. The van der Waals surface area contributed by atoms with Gasteiger partial charge in [-0.25, -0.2) is 4.39 Å². The molecule has 0 atom stereocenters. The van der Waals surface area contributed by atoms with E-state index in [1.165, 1.54) is 20.7 Å². The number of carbonyl (C=O) groups excluding carboxylic acids is 1. The summed E-state index contributed by atoms with van der Waals surface area (Å²) in [6, 6.07) is 13.0. The van der Waals surface area contributed by atoms with Crippen molar-refractivity contribution >= 4 is 21.8 Å². The monoisotopic (exact) mass is 391 g/mol. The first kappa shape index (κ1) is 19.5. The minimum atomic E-state index is -3.75. The molecule has 6 nitrogen and oxygen atoms in total. The topological polar surface area (TPSA) is 69.7 Å². The number of amides is 1. The van der Waals surface area contributed by atoms with Crippen LogP contribution < -0.4 is 5.32 Å². The number of hydrogen-bond acceptors (Lipinski definition) is 3. The highest BCUT2D eigenvalue weighted by atomic mass is 32.2. The Morgan fingerprint density at radius 2 is 1.67 bits per heavy atom. The lowest BCUT2D eigenvalue weighted by Crippen LogP contribution is -2.51. The predicted octanol–water partition coefficient (Wildman–Crippen LogP) is 2.53. The molecule has 3 rings (SSSR count). The molecule has 1 fully saturated rings. The van der Waals surface area contributed by atoms with Crippen molar-refractivity contribution in [3.05, 3.63) is 65.5 Å². The predicted molar refractivity (Wildman–Crippen MR) is 102 cm³/mol. The van der Waals surface area contributed by atoms with Crippen LogP contribution >= 0.6 is 0 Å². The molecule has 1 N–H and O–H groups in total. The third-order valence-corrected chi connectivity index (χ3v) is 6.32. The van der Waals surface area contributed by atoms with Crippen LogP contribution in [0.15, 0.2) is 48.5 Å². The zero-order chi connectivity index (χ0) is 19.4. The first-order chi connectivity index (χ1) is 12.8. The normalized spacial score (nSPS) is 17.6. The van der Waals surface area contributed by atoms with E-state index >= 15 is 0 Å². The Bertz CT molecular complexity index is 899. The number of benzene rings is 2. The quantitative estimate of drug-likeness (QED) is 0.852. The third-order valence-electron chi connectivity index (χ3n) is 4.40. The van der Waals surface area contributed by atoms with E-state index in [9.17, 15) is 17.6 Å². The van der Waals surface area contributed by atoms with Crippen LogP contribution in [-0.2, 0) is 21.5 Å². The second-order valence-corrected chi connectivity index (χ2v) is 8.50. The molecule has 0 radical (unpaired) electrons. The van der Waals surface area contributed by atoms with E-state index in [1.54, 1.807) is 24.3 Å². The van der Waals surface area contributed by atoms with Gasteiger partial charge in [-0.2, -0.15) is 17.0 Å². The van der Waals surface area contributed by atoms with Crippen molar-refractivity contribution in [2.45, 2.75) is 19.9 Å². The maximum absolute atomic E-state index is 13.0. The first-order valence-corrected chi connectivity index (χ1v) is 10.1. The third kappa shape index (κ3) is 4.91. The number of hydrogen-bond donors (Lipinski definition) is 1. The summed E-state index contributed by atoms with van der Waals surface area (Å²) < 4.78 is 41.2. The Hall–Kier alpha value is -2.29. The average Bonchev–Trinajstić information content (AvgIpc) is 2.62. The van der Waals surface area contributed by atoms with Crippen LogP contribution in [-0.4, -0.2) is 42.6 Å². The molecule has 144 valence electrons. The minimum Gasteiger partial charge on any atom is -0.325 e. The molecular weight excluding hydrogens is 369 g/mol. The van der Waals surface area contributed by atoms with Crippen molar-refractivity contribution in [1.82, 2.24) is 8.61 Å². The number of carbonyl (C=O) groups is 1. The van der Waals surface area contributed by atoms with Gasteiger partial charge in [-0.1, -0.05) is 29.8 Å². The SMILES string of the molecule is Cc1ccc(NC(=O)CN2CCCN(Cc3ccc(F)cc3)S2(=O)=O)cc1. The van der Waals surface area contributed by atoms with Crippen molar-refractivity contribution in [3.8, 4) is 0 Å². The molecule has 2 aromatic carbocycles. The smallest absolute Gasteiger partial charge is 0.282 e. The standard InChI is InChI=1S/C19H22FN3O3S/c1-15-3-9-18(10-4-15)21-19(24)14-23-12-2-11-22(27(23,25)26)13-16-5-7-17(20)8-6-16/h3-10H,2,11-14H2,1H3,(H,21,24). The summed E-state index contributed by atoms with van der Waals surface area (Å²) in [5.74, 6) is -0.749. The molecule has 0 spiro atoms. The lowest BCUT2D eigenvalue weighted by Gasteiger charge is -2.34. The largest absolute Gasteiger partial charge is 0.325 e. The summed E-state index contributed by atoms with van der Waals surface area (Å²) in [6.45, 7) is 2.52. The van der Waals surface area contributed by atoms with Gasteiger partial charge < -0.3 is 5.32 Å². The van der Waals surface area contributed by atoms with Crippen LogP contribution in [0.4, 0.5) is 10.1 Å². The molecule has 0 bridgehead atoms. The van der Waals surface area contributed by atoms with Gasteiger partial charge in [-0.05, 0) is 43.2 Å². The summed E-state index contributed by atoms with van der Waals surface area (Å²) in [6.07, 6.45) is 0.623. The number of nitrogens with zero attached hydrogens (tertiary/aromatic N) is 2. The summed E-state index contributed by atoms with van der Waals surface area (Å²) in [7, 11) is -3.75. The Balaban J connectivity index is 1.65. The fourth-order valence-electron chi connectivity index (χ4n) is 2.93. The number of rotatable bonds is 5. The van der Waals surface area contributed by atoms with Gasteiger partial charge in [0.1, 0.15) is 5.82 Å². The minimum absolute atomic E-state index is 0.151. The molecule has 1 amide bonds. The van der Waals surface area contributed by atoms with E-state index in [1.807, 2.05) is 19.1 Å². The molecule has 0 saturated carbocycles. The van der Waals surface area contributed by atoms with Crippen LogP contribution in [0.2, 0.25) is 0 Å². The molecule has 2 aromatic rings. The average molecular weight is 391 g/mol. The second-order valence-electron chi connectivity index (χ2n) is 6.57. The Morgan fingerprint density at radius 1 is 1.04 bits per heavy atom. The molecule has 1 aliphatic rings. The molecule has 0 unspecified atom stereocenters. The molecule has 1 heterocycles. The molecule has 1 saturated heterocycles. The van der Waals surface area contributed by atoms with Gasteiger partial charge in [0.2, 0.25) is 5.91 Å². The van der Waals surface area contributed by atoms with E-state index in [2.05, 4.69) is 5.32 Å². The lowest BCUT2D eigenvalue weighted by molar-refractivity contribution is -0.116. The molecule has 0 aliphatic carbocycles. The highest BCUT2D eigenvalue weighted by Gasteiger charge is 2.34. The van der Waals surface area contributed by atoms with Gasteiger partial charge in [0.15, 0.2) is 0 Å². The van der Waals surface area contributed by atoms with Crippen LogP contribution in [0.3, 0.4) is 0 Å². The van der Waals surface area contributed by atoms with E-state index in [0.29, 0.717) is 30.8 Å². The molecule has 1 aliphatic heterocycles. The van der Waals surface area contributed by atoms with E-state index in [0.717, 1.165) is 5.56 Å². The van der Waals surface area contributed by atoms with Gasteiger partial charge in [0.05, 0.1) is 6.54 Å². The second kappa shape index (κ2) is 8.16. The highest BCUT2D eigenvalue weighted by Crippen LogP contribution is 2.19. The van der Waals surface area contributed by atoms with Crippen LogP contribution in [0.5, 0.6) is 0 Å². The van der Waals surface area contributed by atoms with Crippen LogP contribution in [0, 0.1) is 12.7 Å². The highest BCUT2D eigenvalue weighted by molar-refractivity contribution is 7.86. The zero-order valence-corrected chi connectivity index (χ0v) is 15.9. The van der Waals surface area contributed by atoms with Gasteiger partial charge >= 0.3 is 0 Å². The van der Waals surface area contributed by atoms with Crippen molar-refractivity contribution < 1.29 is 17.6 Å². The zero-order valence-electron chi connectivity index (χ0n) is 15.1. The van der Waals surface area contributed by atoms with Gasteiger partial charge in [0.25, 0.3) is 10.2 Å². The molecule has 27 heavy (non-hydrogen) atoms. The van der Waals surface area contributed by atoms with Gasteiger partial charge in [-0.15, -0.1) is 0 Å². The van der Waals surface area contributed by atoms with Crippen LogP contribution in [0.1, 0.15) is 17.5 Å². The number of nitrogens with one attached hydrogen (secondary N) is 1. The fraction of sp³-hybridized carbons (Fsp3) is 0.316. The van der Waals surface area contributed by atoms with Gasteiger partial charge in [0, 0.05) is 25.3 Å². The Morgan fingerprint density at radius 3 is 2.33 bits per heavy atom. The number of halogens is 1. The lowest BCUT2D eigenvalue weighted by atomic mass is 10.2. The van der Waals surface area contributed by atoms with Gasteiger partial charge in [-0.3, -0.25) is 4.79 Å². The molecule has 0 aromatic heterocycles. The van der Waals surface area contributed by atoms with Crippen LogP contribution in [0.25, 0.3) is 0 Å². The van der Waals surface area contributed by atoms with Crippen molar-refractivity contribution in [1.29, 1.82) is 0 Å². The van der Waals surface area contributed by atoms with E-state index in [-0.39, 0.29) is 24.8 Å². The summed E-state index contributed by atoms with van der Waals surface area (Å²) in [5.41, 5.74) is 2.40. The number of aryl methyl sites for hydroxylation is 1. The van der Waals surface area contributed by atoms with E-state index < -0.39 is 10.2 Å². The Labute approximate surface area is 158 Å². The first-order valence-electron chi connectivity index (χ1n) is 8.71. The van der Waals surface area contributed by atoms with Crippen molar-refractivity contribution in [2.24, 2.45) is 0 Å². The summed E-state index contributed by atoms with van der Waals surface area (Å²) in [4.78, 5) is 12.3.